The molecule has 1 heterocycles. The van der Waals surface area contributed by atoms with Gasteiger partial charge in [0.1, 0.15) is 0 Å². The Morgan fingerprint density at radius 1 is 1.31 bits per heavy atom. The van der Waals surface area contributed by atoms with E-state index in [-0.39, 0.29) is 0 Å². The number of ether oxygens (including phenoxy) is 1. The zero-order chi connectivity index (χ0) is 11.0. The highest BCUT2D eigenvalue weighted by molar-refractivity contribution is 8.00. The molecular weight excluding hydrogens is 220 g/mol. The van der Waals surface area contributed by atoms with Crippen molar-refractivity contribution in [2.45, 2.75) is 35.0 Å². The maximum Gasteiger partial charge on any atom is 0.0690 e. The van der Waals surface area contributed by atoms with Crippen molar-refractivity contribution in [1.29, 1.82) is 0 Å². The van der Waals surface area contributed by atoms with Crippen molar-refractivity contribution in [3.8, 4) is 0 Å². The number of benzene rings is 1. The van der Waals surface area contributed by atoms with E-state index in [1.54, 1.807) is 0 Å². The summed E-state index contributed by atoms with van der Waals surface area (Å²) in [5, 5.41) is 10.6. The molecule has 0 radical (unpaired) electrons. The Morgan fingerprint density at radius 3 is 2.69 bits per heavy atom. The molecule has 0 amide bonds. The molecule has 3 heteroatoms. The molecule has 86 valence electrons. The van der Waals surface area contributed by atoms with E-state index in [2.05, 4.69) is 24.3 Å². The molecule has 0 spiro atoms. The van der Waals surface area contributed by atoms with Crippen molar-refractivity contribution in [3.05, 3.63) is 29.8 Å². The van der Waals surface area contributed by atoms with E-state index in [4.69, 9.17) is 4.74 Å². The molecule has 0 bridgehead atoms. The van der Waals surface area contributed by atoms with Crippen molar-refractivity contribution in [2.24, 2.45) is 0 Å². The average Bonchev–Trinajstić information content (AvgIpc) is 2.92. The Bertz CT molecular complexity index is 383. The highest BCUT2D eigenvalue weighted by Crippen LogP contribution is 2.41. The van der Waals surface area contributed by atoms with Crippen LogP contribution in [0.2, 0.25) is 0 Å². The quantitative estimate of drug-likeness (QED) is 0.869. The first-order chi connectivity index (χ1) is 7.75. The Hall–Kier alpha value is -0.510. The van der Waals surface area contributed by atoms with Crippen LogP contribution in [0.1, 0.15) is 18.4 Å². The van der Waals surface area contributed by atoms with Crippen LogP contribution >= 0.6 is 11.8 Å². The summed E-state index contributed by atoms with van der Waals surface area (Å²) in [6, 6.07) is 8.42. The van der Waals surface area contributed by atoms with Gasteiger partial charge in [-0.2, -0.15) is 0 Å². The van der Waals surface area contributed by atoms with Gasteiger partial charge in [-0.15, -0.1) is 11.8 Å². The Morgan fingerprint density at radius 2 is 2.06 bits per heavy atom. The van der Waals surface area contributed by atoms with E-state index < -0.39 is 5.60 Å². The van der Waals surface area contributed by atoms with Gasteiger partial charge in [0.05, 0.1) is 24.1 Å². The number of hydrogen-bond donors (Lipinski definition) is 1. The lowest BCUT2D eigenvalue weighted by molar-refractivity contribution is 0.0455. The molecule has 1 aromatic rings. The summed E-state index contributed by atoms with van der Waals surface area (Å²) in [5.74, 6) is 0. The third kappa shape index (κ3) is 2.26. The number of hydrogen-bond acceptors (Lipinski definition) is 3. The van der Waals surface area contributed by atoms with Crippen molar-refractivity contribution in [1.82, 2.24) is 0 Å². The first kappa shape index (κ1) is 10.6. The summed E-state index contributed by atoms with van der Waals surface area (Å²) in [4.78, 5) is 1.32. The number of aliphatic hydroxyl groups is 1. The molecule has 0 aromatic heterocycles. The molecule has 16 heavy (non-hydrogen) atoms. The minimum atomic E-state index is -0.396. The topological polar surface area (TPSA) is 29.5 Å². The second-order valence-corrected chi connectivity index (χ2v) is 6.13. The summed E-state index contributed by atoms with van der Waals surface area (Å²) in [6.45, 7) is 1.73. The van der Waals surface area contributed by atoms with Gasteiger partial charge < -0.3 is 9.84 Å². The molecule has 1 aliphatic heterocycles. The van der Waals surface area contributed by atoms with Crippen LogP contribution in [0.5, 0.6) is 0 Å². The molecular formula is C13H16O2S. The average molecular weight is 236 g/mol. The second-order valence-electron chi connectivity index (χ2n) is 4.79. The summed E-state index contributed by atoms with van der Waals surface area (Å²) in [5.41, 5.74) is 0.895. The predicted molar refractivity (Wildman–Crippen MR) is 64.8 cm³/mol. The molecule has 2 fully saturated rings. The maximum atomic E-state index is 9.98. The molecule has 1 aromatic carbocycles. The van der Waals surface area contributed by atoms with Gasteiger partial charge in [-0.05, 0) is 24.5 Å². The Balaban J connectivity index is 1.74. The van der Waals surface area contributed by atoms with Crippen LogP contribution in [-0.2, 0) is 11.2 Å². The van der Waals surface area contributed by atoms with E-state index >= 15 is 0 Å². The Labute approximate surface area is 100 Å². The van der Waals surface area contributed by atoms with Gasteiger partial charge in [0, 0.05) is 11.3 Å². The summed E-state index contributed by atoms with van der Waals surface area (Å²) >= 11 is 1.89. The Kier molecular flexibility index (Phi) is 2.70. The van der Waals surface area contributed by atoms with Crippen LogP contribution in [0.3, 0.4) is 0 Å². The van der Waals surface area contributed by atoms with Crippen LogP contribution in [0.4, 0.5) is 0 Å². The highest BCUT2D eigenvalue weighted by Gasteiger charge is 2.40. The lowest BCUT2D eigenvalue weighted by Gasteiger charge is -2.26. The minimum absolute atomic E-state index is 0.396. The fourth-order valence-electron chi connectivity index (χ4n) is 1.90. The van der Waals surface area contributed by atoms with Gasteiger partial charge in [-0.3, -0.25) is 0 Å². The maximum absolute atomic E-state index is 9.98. The minimum Gasteiger partial charge on any atom is -0.390 e. The molecule has 3 rings (SSSR count). The van der Waals surface area contributed by atoms with Crippen LogP contribution in [-0.4, -0.2) is 29.2 Å². The van der Waals surface area contributed by atoms with E-state index in [0.717, 1.165) is 32.5 Å². The number of rotatable bonds is 4. The molecule has 1 saturated carbocycles. The van der Waals surface area contributed by atoms with Crippen LogP contribution < -0.4 is 0 Å². The zero-order valence-corrected chi connectivity index (χ0v) is 10.0. The standard InChI is InChI=1S/C13H16O2S/c14-13(5-6-13)7-10-3-1-2-4-12(10)16-11-8-15-9-11/h1-4,11,14H,5-9H2. The van der Waals surface area contributed by atoms with Crippen LogP contribution in [0.15, 0.2) is 29.2 Å². The molecule has 2 nitrogen and oxygen atoms in total. The smallest absolute Gasteiger partial charge is 0.0690 e. The van der Waals surface area contributed by atoms with Gasteiger partial charge in [0.25, 0.3) is 0 Å². The first-order valence-corrected chi connectivity index (χ1v) is 6.68. The molecule has 0 unspecified atom stereocenters. The summed E-state index contributed by atoms with van der Waals surface area (Å²) < 4.78 is 5.19. The van der Waals surface area contributed by atoms with Crippen molar-refractivity contribution >= 4 is 11.8 Å². The van der Waals surface area contributed by atoms with Gasteiger partial charge >= 0.3 is 0 Å². The van der Waals surface area contributed by atoms with Crippen molar-refractivity contribution in [3.63, 3.8) is 0 Å². The summed E-state index contributed by atoms with van der Waals surface area (Å²) in [7, 11) is 0. The molecule has 1 saturated heterocycles. The third-order valence-corrected chi connectivity index (χ3v) is 4.48. The fourth-order valence-corrected chi connectivity index (χ4v) is 3.04. The molecule has 0 atom stereocenters. The lowest BCUT2D eigenvalue weighted by Crippen LogP contribution is -2.30. The van der Waals surface area contributed by atoms with Crippen LogP contribution in [0.25, 0.3) is 0 Å². The predicted octanol–water partition coefficient (Wildman–Crippen LogP) is 2.24. The van der Waals surface area contributed by atoms with Gasteiger partial charge in [0.15, 0.2) is 0 Å². The van der Waals surface area contributed by atoms with Gasteiger partial charge in [-0.25, -0.2) is 0 Å². The van der Waals surface area contributed by atoms with Crippen LogP contribution in [0, 0.1) is 0 Å². The SMILES string of the molecule is OC1(Cc2ccccc2SC2COC2)CC1. The van der Waals surface area contributed by atoms with E-state index in [1.165, 1.54) is 10.5 Å². The number of thioether (sulfide) groups is 1. The fraction of sp³-hybridized carbons (Fsp3) is 0.538. The van der Waals surface area contributed by atoms with Gasteiger partial charge in [-0.1, -0.05) is 18.2 Å². The van der Waals surface area contributed by atoms with E-state index in [0.29, 0.717) is 5.25 Å². The third-order valence-electron chi connectivity index (χ3n) is 3.22. The molecule has 2 aliphatic rings. The largest absolute Gasteiger partial charge is 0.390 e. The van der Waals surface area contributed by atoms with E-state index in [9.17, 15) is 5.11 Å². The highest BCUT2D eigenvalue weighted by atomic mass is 32.2. The van der Waals surface area contributed by atoms with E-state index in [1.807, 2.05) is 11.8 Å². The van der Waals surface area contributed by atoms with Crippen molar-refractivity contribution in [2.75, 3.05) is 13.2 Å². The molecule has 1 aliphatic carbocycles. The summed E-state index contributed by atoms with van der Waals surface area (Å²) in [6.07, 6.45) is 2.72. The second kappa shape index (κ2) is 4.06. The first-order valence-electron chi connectivity index (χ1n) is 5.80. The molecule has 1 N–H and O–H groups in total. The monoisotopic (exact) mass is 236 g/mol. The normalized spacial score (nSPS) is 22.8. The lowest BCUT2D eigenvalue weighted by atomic mass is 10.1. The zero-order valence-electron chi connectivity index (χ0n) is 9.19. The van der Waals surface area contributed by atoms with Crippen molar-refractivity contribution < 1.29 is 9.84 Å². The van der Waals surface area contributed by atoms with Gasteiger partial charge in [0.2, 0.25) is 0 Å².